The molecule has 1 aromatic rings. The topological polar surface area (TPSA) is 116 Å². The maximum Gasteiger partial charge on any atom is 1.00 e. The smallest absolute Gasteiger partial charge is 0.560 e. The molecule has 1 heterocycles. The van der Waals surface area contributed by atoms with E-state index in [9.17, 15) is 30.0 Å². The summed E-state index contributed by atoms with van der Waals surface area (Å²) in [6.07, 6.45) is -5.40. The van der Waals surface area contributed by atoms with Crippen LogP contribution >= 0.6 is 23.4 Å². The molecule has 1 atom stereocenters. The Labute approximate surface area is 173 Å². The molecule has 0 spiro atoms. The van der Waals surface area contributed by atoms with E-state index in [1.54, 1.807) is 0 Å². The van der Waals surface area contributed by atoms with Crippen molar-refractivity contribution in [2.24, 2.45) is 0 Å². The van der Waals surface area contributed by atoms with Crippen molar-refractivity contribution in [3.8, 4) is 0 Å². The van der Waals surface area contributed by atoms with E-state index in [1.165, 1.54) is 0 Å². The predicted molar refractivity (Wildman–Crippen MR) is 84.1 cm³/mol. The number of sulfonamides is 2. The van der Waals surface area contributed by atoms with E-state index in [1.807, 2.05) is 0 Å². The number of hydrogen-bond acceptors (Lipinski definition) is 6. The summed E-state index contributed by atoms with van der Waals surface area (Å²) >= 11 is 6.22. The fourth-order valence-corrected chi connectivity index (χ4v) is 5.22. The summed E-state index contributed by atoms with van der Waals surface area (Å²) in [5.41, 5.74) is -0.0521. The molecule has 0 aromatic heterocycles. The van der Waals surface area contributed by atoms with Gasteiger partial charge in [-0.3, -0.25) is 0 Å². The van der Waals surface area contributed by atoms with E-state index in [4.69, 9.17) is 16.7 Å². The fraction of sp³-hybridized carbons (Fsp3) is 0.400. The van der Waals surface area contributed by atoms with Crippen molar-refractivity contribution in [1.82, 2.24) is 4.72 Å². The molecule has 1 aromatic carbocycles. The number of rotatable bonds is 4. The molecule has 0 saturated heterocycles. The number of hydrogen-bond donors (Lipinski definition) is 2. The Morgan fingerprint density at radius 2 is 1.92 bits per heavy atom. The zero-order valence-corrected chi connectivity index (χ0v) is 17.7. The Bertz CT molecular complexity index is 864. The molecule has 0 saturated carbocycles. The molecule has 15 heteroatoms. The molecule has 136 valence electrons. The van der Waals surface area contributed by atoms with Gasteiger partial charge in [0.1, 0.15) is 14.9 Å². The molecule has 25 heavy (non-hydrogen) atoms. The standard InChI is InChI=1S/C10H10ClF3N3O4S3.Na/c11-5-1-6-8(2-7(5)23(15,18)19)24(20,21)17-9(16-6)3-22-4-10(12,13)14;/h1-2,9,16-17H,3-4H2,(H-,15,18,19);/q-1;+1. The van der Waals surface area contributed by atoms with Crippen molar-refractivity contribution in [3.63, 3.8) is 0 Å². The van der Waals surface area contributed by atoms with E-state index in [2.05, 4.69) is 10.0 Å². The number of thioether (sulfide) groups is 1. The van der Waals surface area contributed by atoms with E-state index < -0.39 is 47.9 Å². The van der Waals surface area contributed by atoms with Crippen molar-refractivity contribution >= 4 is 49.1 Å². The molecule has 0 amide bonds. The second kappa shape index (κ2) is 8.10. The van der Waals surface area contributed by atoms with E-state index in [-0.39, 0.29) is 46.0 Å². The van der Waals surface area contributed by atoms with Gasteiger partial charge >= 0.3 is 35.7 Å². The molecular formula is C10H10ClF3N3NaO4S3. The van der Waals surface area contributed by atoms with Crippen LogP contribution in [-0.2, 0) is 20.0 Å². The molecule has 3 N–H and O–H groups in total. The molecule has 1 unspecified atom stereocenters. The van der Waals surface area contributed by atoms with Gasteiger partial charge in [0.25, 0.3) is 0 Å². The van der Waals surface area contributed by atoms with Gasteiger partial charge in [-0.25, -0.2) is 16.8 Å². The van der Waals surface area contributed by atoms with Gasteiger partial charge in [-0.05, 0) is 12.1 Å². The van der Waals surface area contributed by atoms with Gasteiger partial charge < -0.3 is 10.5 Å². The van der Waals surface area contributed by atoms with Crippen LogP contribution in [-0.4, -0.2) is 40.7 Å². The van der Waals surface area contributed by atoms with Crippen molar-refractivity contribution < 1.29 is 59.6 Å². The maximum absolute atomic E-state index is 12.2. The van der Waals surface area contributed by atoms with Crippen LogP contribution in [0.4, 0.5) is 18.9 Å². The van der Waals surface area contributed by atoms with Gasteiger partial charge in [-0.15, -0.1) is 11.8 Å². The third-order valence-electron chi connectivity index (χ3n) is 2.79. The molecule has 7 nitrogen and oxygen atoms in total. The number of nitrogens with one attached hydrogen (secondary N) is 3. The summed E-state index contributed by atoms with van der Waals surface area (Å²) < 4.78 is 85.4. The minimum absolute atomic E-state index is 0. The van der Waals surface area contributed by atoms with Crippen molar-refractivity contribution in [2.45, 2.75) is 22.1 Å². The van der Waals surface area contributed by atoms with Crippen LogP contribution in [0.15, 0.2) is 21.9 Å². The Hall–Kier alpha value is 0.270. The Morgan fingerprint density at radius 1 is 1.32 bits per heavy atom. The van der Waals surface area contributed by atoms with Gasteiger partial charge in [0, 0.05) is 5.75 Å². The normalized spacial score (nSPS) is 19.5. The van der Waals surface area contributed by atoms with Gasteiger partial charge in [0.05, 0.1) is 27.5 Å². The van der Waals surface area contributed by atoms with Gasteiger partial charge in [0.15, 0.2) is 0 Å². The first-order valence-corrected chi connectivity index (χ1v) is 10.6. The maximum atomic E-state index is 12.2. The Morgan fingerprint density at radius 3 is 2.44 bits per heavy atom. The van der Waals surface area contributed by atoms with Crippen LogP contribution in [0.2, 0.25) is 5.02 Å². The molecule has 2 rings (SSSR count). The second-order valence-corrected chi connectivity index (χ2v) is 9.30. The molecule has 0 radical (unpaired) electrons. The fourth-order valence-electron chi connectivity index (χ4n) is 1.91. The summed E-state index contributed by atoms with van der Waals surface area (Å²) in [6, 6.07) is 1.74. The summed E-state index contributed by atoms with van der Waals surface area (Å²) in [5.74, 6) is -1.36. The van der Waals surface area contributed by atoms with Crippen molar-refractivity contribution in [1.29, 1.82) is 0 Å². The number of benzene rings is 1. The zero-order valence-electron chi connectivity index (χ0n) is 12.5. The number of halogens is 4. The molecule has 0 fully saturated rings. The summed E-state index contributed by atoms with van der Waals surface area (Å²) in [4.78, 5) is -1.13. The summed E-state index contributed by atoms with van der Waals surface area (Å²) in [7, 11) is -8.66. The molecule has 0 aliphatic carbocycles. The first-order valence-electron chi connectivity index (χ1n) is 6.06. The number of anilines is 1. The van der Waals surface area contributed by atoms with Crippen LogP contribution in [0.1, 0.15) is 0 Å². The third-order valence-corrected chi connectivity index (χ3v) is 6.74. The molecule has 0 bridgehead atoms. The first kappa shape index (κ1) is 23.3. The average molecular weight is 448 g/mol. The Balaban J connectivity index is 0.00000312. The van der Waals surface area contributed by atoms with E-state index in [0.717, 1.165) is 12.1 Å². The van der Waals surface area contributed by atoms with Crippen LogP contribution < -0.4 is 39.6 Å². The minimum atomic E-state index is -4.49. The summed E-state index contributed by atoms with van der Waals surface area (Å²) in [6.45, 7) is 0. The first-order chi connectivity index (χ1) is 10.8. The number of alkyl halides is 3. The van der Waals surface area contributed by atoms with Crippen molar-refractivity contribution in [2.75, 3.05) is 16.8 Å². The Kier molecular flexibility index (Phi) is 7.56. The van der Waals surface area contributed by atoms with Crippen LogP contribution in [0.5, 0.6) is 0 Å². The molecule has 1 aliphatic heterocycles. The van der Waals surface area contributed by atoms with Crippen LogP contribution in [0.3, 0.4) is 0 Å². The average Bonchev–Trinajstić information content (AvgIpc) is 2.33. The van der Waals surface area contributed by atoms with E-state index in [0.29, 0.717) is 11.8 Å². The van der Waals surface area contributed by atoms with Crippen LogP contribution in [0, 0.1) is 0 Å². The molecule has 1 aliphatic rings. The summed E-state index contributed by atoms with van der Waals surface area (Å²) in [5, 5.41) is 9.27. The van der Waals surface area contributed by atoms with Crippen molar-refractivity contribution in [3.05, 3.63) is 22.3 Å². The van der Waals surface area contributed by atoms with Gasteiger partial charge in [-0.1, -0.05) is 11.6 Å². The second-order valence-electron chi connectivity index (χ2n) is 4.73. The third kappa shape index (κ3) is 6.14. The largest absolute Gasteiger partial charge is 1.00 e. The van der Waals surface area contributed by atoms with Gasteiger partial charge in [-0.2, -0.15) is 17.9 Å². The quantitative estimate of drug-likeness (QED) is 0.596. The number of fused-ring (bicyclic) bond motifs is 1. The van der Waals surface area contributed by atoms with Crippen LogP contribution in [0.25, 0.3) is 5.14 Å². The monoisotopic (exact) mass is 447 g/mol. The predicted octanol–water partition coefficient (Wildman–Crippen LogP) is -0.590. The van der Waals surface area contributed by atoms with E-state index >= 15 is 0 Å². The zero-order chi connectivity index (χ0) is 18.3. The minimum Gasteiger partial charge on any atom is -0.560 e. The van der Waals surface area contributed by atoms with Gasteiger partial charge in [0.2, 0.25) is 10.0 Å². The molecular weight excluding hydrogens is 438 g/mol. The SMILES string of the molecule is [NH-]S(=O)(=O)c1cc2c(cc1Cl)NC(CSCC(F)(F)F)NS2(=O)=O.[Na+].